The van der Waals surface area contributed by atoms with E-state index < -0.39 is 40.8 Å². The van der Waals surface area contributed by atoms with E-state index in [0.29, 0.717) is 6.07 Å². The van der Waals surface area contributed by atoms with Gasteiger partial charge < -0.3 is 5.32 Å². The molecule has 2 aromatic rings. The molecule has 0 unspecified atom stereocenters. The van der Waals surface area contributed by atoms with Crippen LogP contribution in [0.15, 0.2) is 24.3 Å². The second-order valence-electron chi connectivity index (χ2n) is 3.90. The second-order valence-corrected chi connectivity index (χ2v) is 4.34. The van der Waals surface area contributed by atoms with Crippen LogP contribution in [0.5, 0.6) is 0 Å². The Kier molecular flexibility index (Phi) is 3.99. The third-order valence-electron chi connectivity index (χ3n) is 2.43. The first kappa shape index (κ1) is 15.4. The highest BCUT2D eigenvalue weighted by Crippen LogP contribution is 2.37. The van der Waals surface area contributed by atoms with Crippen LogP contribution >= 0.6 is 11.6 Å². The first-order valence-corrected chi connectivity index (χ1v) is 5.71. The molecule has 0 aliphatic heterocycles. The largest absolute Gasteiger partial charge is 0.418 e. The van der Waals surface area contributed by atoms with Crippen molar-refractivity contribution in [2.75, 3.05) is 5.32 Å². The van der Waals surface area contributed by atoms with Crippen LogP contribution in [0.3, 0.4) is 0 Å². The first-order chi connectivity index (χ1) is 9.68. The van der Waals surface area contributed by atoms with E-state index in [0.717, 1.165) is 12.1 Å². The van der Waals surface area contributed by atoms with Gasteiger partial charge in [-0.2, -0.15) is 22.5 Å². The predicted molar refractivity (Wildman–Crippen MR) is 63.8 cm³/mol. The summed E-state index contributed by atoms with van der Waals surface area (Å²) in [5.41, 5.74) is -1.79. The lowest BCUT2D eigenvalue weighted by molar-refractivity contribution is -0.136. The van der Waals surface area contributed by atoms with E-state index in [1.165, 1.54) is 0 Å². The lowest BCUT2D eigenvalue weighted by Crippen LogP contribution is -2.10. The van der Waals surface area contributed by atoms with Crippen LogP contribution < -0.4 is 5.32 Å². The highest BCUT2D eigenvalue weighted by atomic mass is 35.5. The summed E-state index contributed by atoms with van der Waals surface area (Å²) in [7, 11) is 0. The SMILES string of the molecule is Fc1cc(F)c(Nc2ccc(Cl)cc2C(F)(F)F)nc1F. The second kappa shape index (κ2) is 5.44. The van der Waals surface area contributed by atoms with Gasteiger partial charge in [0.1, 0.15) is 0 Å². The lowest BCUT2D eigenvalue weighted by atomic mass is 10.1. The monoisotopic (exact) mass is 326 g/mol. The van der Waals surface area contributed by atoms with Crippen molar-refractivity contribution in [2.45, 2.75) is 6.18 Å². The molecule has 0 spiro atoms. The highest BCUT2D eigenvalue weighted by molar-refractivity contribution is 6.30. The van der Waals surface area contributed by atoms with Crippen molar-refractivity contribution < 1.29 is 26.3 Å². The molecule has 0 saturated carbocycles. The lowest BCUT2D eigenvalue weighted by Gasteiger charge is -2.14. The smallest absolute Gasteiger partial charge is 0.337 e. The average molecular weight is 327 g/mol. The number of halogens is 7. The fourth-order valence-corrected chi connectivity index (χ4v) is 1.69. The number of hydrogen-bond donors (Lipinski definition) is 1. The molecule has 0 radical (unpaired) electrons. The summed E-state index contributed by atoms with van der Waals surface area (Å²) < 4.78 is 77.5. The molecule has 9 heteroatoms. The number of anilines is 2. The number of aromatic nitrogens is 1. The molecule has 1 aromatic carbocycles. The van der Waals surface area contributed by atoms with Crippen molar-refractivity contribution in [2.24, 2.45) is 0 Å². The Morgan fingerprint density at radius 1 is 1.00 bits per heavy atom. The maximum absolute atomic E-state index is 13.4. The predicted octanol–water partition coefficient (Wildman–Crippen LogP) is 4.91. The van der Waals surface area contributed by atoms with Crippen LogP contribution in [0.4, 0.5) is 37.8 Å². The molecule has 2 rings (SSSR count). The van der Waals surface area contributed by atoms with E-state index in [-0.39, 0.29) is 11.1 Å². The maximum Gasteiger partial charge on any atom is 0.418 e. The summed E-state index contributed by atoms with van der Waals surface area (Å²) in [5, 5.41) is 1.78. The van der Waals surface area contributed by atoms with E-state index in [1.807, 2.05) is 5.32 Å². The zero-order valence-corrected chi connectivity index (χ0v) is 10.7. The average Bonchev–Trinajstić information content (AvgIpc) is 2.36. The molecule has 2 nitrogen and oxygen atoms in total. The third kappa shape index (κ3) is 3.38. The molecule has 0 fully saturated rings. The Bertz CT molecular complexity index is 686. The molecule has 0 saturated heterocycles. The Labute approximate surface area is 119 Å². The van der Waals surface area contributed by atoms with E-state index in [9.17, 15) is 26.3 Å². The number of benzene rings is 1. The van der Waals surface area contributed by atoms with Gasteiger partial charge in [0.15, 0.2) is 17.5 Å². The topological polar surface area (TPSA) is 24.9 Å². The molecule has 0 amide bonds. The first-order valence-electron chi connectivity index (χ1n) is 5.34. The fourth-order valence-electron chi connectivity index (χ4n) is 1.52. The van der Waals surface area contributed by atoms with Crippen molar-refractivity contribution in [3.05, 3.63) is 52.4 Å². The Morgan fingerprint density at radius 3 is 2.29 bits per heavy atom. The third-order valence-corrected chi connectivity index (χ3v) is 2.66. The van der Waals surface area contributed by atoms with Gasteiger partial charge in [-0.1, -0.05) is 11.6 Å². The minimum absolute atomic E-state index is 0.174. The highest BCUT2D eigenvalue weighted by Gasteiger charge is 2.34. The van der Waals surface area contributed by atoms with E-state index >= 15 is 0 Å². The van der Waals surface area contributed by atoms with Gasteiger partial charge >= 0.3 is 6.18 Å². The van der Waals surface area contributed by atoms with Gasteiger partial charge in [0.2, 0.25) is 0 Å². The molecule has 0 atom stereocenters. The number of nitrogens with zero attached hydrogens (tertiary/aromatic N) is 1. The summed E-state index contributed by atoms with van der Waals surface area (Å²) in [5.74, 6) is -5.40. The Hall–Kier alpha value is -1.96. The molecule has 0 aliphatic carbocycles. The van der Waals surface area contributed by atoms with Crippen molar-refractivity contribution in [3.63, 3.8) is 0 Å². The van der Waals surface area contributed by atoms with Crippen LogP contribution in [-0.2, 0) is 6.18 Å². The summed E-state index contributed by atoms with van der Waals surface area (Å²) in [6, 6.07) is 2.83. The minimum atomic E-state index is -4.78. The van der Waals surface area contributed by atoms with Crippen LogP contribution in [0.2, 0.25) is 5.02 Å². The van der Waals surface area contributed by atoms with Crippen LogP contribution in [0.25, 0.3) is 0 Å². The van der Waals surface area contributed by atoms with Crippen molar-refractivity contribution in [1.29, 1.82) is 0 Å². The molecule has 112 valence electrons. The normalized spacial score (nSPS) is 11.6. The number of hydrogen-bond acceptors (Lipinski definition) is 2. The van der Waals surface area contributed by atoms with Crippen molar-refractivity contribution in [1.82, 2.24) is 4.98 Å². The maximum atomic E-state index is 13.4. The summed E-state index contributed by atoms with van der Waals surface area (Å²) in [4.78, 5) is 2.89. The Morgan fingerprint density at radius 2 is 1.67 bits per heavy atom. The number of alkyl halides is 3. The molecule has 1 heterocycles. The summed E-state index contributed by atoms with van der Waals surface area (Å²) >= 11 is 5.48. The number of nitrogens with one attached hydrogen (secondary N) is 1. The zero-order chi connectivity index (χ0) is 15.8. The van der Waals surface area contributed by atoms with Gasteiger partial charge in [-0.25, -0.2) is 8.78 Å². The quantitative estimate of drug-likeness (QED) is 0.626. The molecule has 1 N–H and O–H groups in total. The molecular weight excluding hydrogens is 322 g/mol. The standard InChI is InChI=1S/C12H5ClF6N2/c13-5-1-2-9(6(3-5)12(17,18)19)20-11-8(15)4-7(14)10(16)21-11/h1-4H,(H,20,21). The Balaban J connectivity index is 2.47. The summed E-state index contributed by atoms with van der Waals surface area (Å²) in [6.45, 7) is 0. The van der Waals surface area contributed by atoms with Crippen LogP contribution in [0, 0.1) is 17.6 Å². The zero-order valence-electron chi connectivity index (χ0n) is 9.90. The molecule has 0 bridgehead atoms. The van der Waals surface area contributed by atoms with E-state index in [4.69, 9.17) is 11.6 Å². The molecule has 1 aromatic heterocycles. The van der Waals surface area contributed by atoms with Gasteiger partial charge in [-0.3, -0.25) is 0 Å². The van der Waals surface area contributed by atoms with Gasteiger partial charge in [0, 0.05) is 11.1 Å². The van der Waals surface area contributed by atoms with Crippen molar-refractivity contribution >= 4 is 23.1 Å². The van der Waals surface area contributed by atoms with Gasteiger partial charge in [-0.05, 0) is 18.2 Å². The number of rotatable bonds is 2. The van der Waals surface area contributed by atoms with E-state index in [1.54, 1.807) is 0 Å². The van der Waals surface area contributed by atoms with Crippen molar-refractivity contribution in [3.8, 4) is 0 Å². The molecular formula is C12H5ClF6N2. The van der Waals surface area contributed by atoms with Gasteiger partial charge in [0.05, 0.1) is 11.3 Å². The minimum Gasteiger partial charge on any atom is -0.337 e. The molecule has 21 heavy (non-hydrogen) atoms. The molecule has 0 aliphatic rings. The van der Waals surface area contributed by atoms with Crippen LogP contribution in [0.1, 0.15) is 5.56 Å². The van der Waals surface area contributed by atoms with Crippen LogP contribution in [-0.4, -0.2) is 4.98 Å². The van der Waals surface area contributed by atoms with Gasteiger partial charge in [0.25, 0.3) is 5.95 Å². The fraction of sp³-hybridized carbons (Fsp3) is 0.0833. The summed E-state index contributed by atoms with van der Waals surface area (Å²) in [6.07, 6.45) is -4.78. The van der Waals surface area contributed by atoms with Gasteiger partial charge in [-0.15, -0.1) is 0 Å². The van der Waals surface area contributed by atoms with E-state index in [2.05, 4.69) is 4.98 Å². The number of pyridine rings is 1.